The summed E-state index contributed by atoms with van der Waals surface area (Å²) in [6.45, 7) is 2.38. The smallest absolute Gasteiger partial charge is 0.268 e. The van der Waals surface area contributed by atoms with Crippen molar-refractivity contribution < 1.29 is 14.6 Å². The van der Waals surface area contributed by atoms with E-state index in [2.05, 4.69) is 29.2 Å². The Labute approximate surface area is 177 Å². The highest BCUT2D eigenvalue weighted by Crippen LogP contribution is 2.25. The van der Waals surface area contributed by atoms with E-state index in [1.54, 1.807) is 24.0 Å². The van der Waals surface area contributed by atoms with Crippen molar-refractivity contribution in [3.8, 4) is 5.75 Å². The van der Waals surface area contributed by atoms with Gasteiger partial charge >= 0.3 is 0 Å². The summed E-state index contributed by atoms with van der Waals surface area (Å²) in [6.07, 6.45) is 5.87. The van der Waals surface area contributed by atoms with Gasteiger partial charge < -0.3 is 20.1 Å². The number of imidazole rings is 1. The first-order valence-electron chi connectivity index (χ1n) is 10.3. The number of nitrogens with two attached hydrogens (primary N) is 1. The molecule has 0 aliphatic rings. The maximum absolute atomic E-state index is 11.3. The molecule has 0 radical (unpaired) electrons. The van der Waals surface area contributed by atoms with Gasteiger partial charge in [0.2, 0.25) is 0 Å². The van der Waals surface area contributed by atoms with Crippen LogP contribution in [0.15, 0.2) is 67.1 Å². The molecule has 0 saturated heterocycles. The van der Waals surface area contributed by atoms with Gasteiger partial charge in [0.15, 0.2) is 0 Å². The number of para-hydroxylation sites is 1. The molecule has 2 unspecified atom stereocenters. The first-order chi connectivity index (χ1) is 14.5. The van der Waals surface area contributed by atoms with Crippen molar-refractivity contribution in [3.63, 3.8) is 0 Å². The van der Waals surface area contributed by atoms with E-state index in [1.165, 1.54) is 5.56 Å². The fraction of sp³-hybridized carbons (Fsp3) is 0.333. The lowest BCUT2D eigenvalue weighted by Gasteiger charge is -2.22. The van der Waals surface area contributed by atoms with Crippen LogP contribution in [-0.2, 0) is 12.8 Å². The van der Waals surface area contributed by atoms with Crippen molar-refractivity contribution >= 4 is 5.91 Å². The van der Waals surface area contributed by atoms with Crippen LogP contribution in [0.5, 0.6) is 5.75 Å². The Hall–Kier alpha value is -3.12. The summed E-state index contributed by atoms with van der Waals surface area (Å²) >= 11 is 0. The van der Waals surface area contributed by atoms with Crippen LogP contribution in [-0.4, -0.2) is 33.3 Å². The van der Waals surface area contributed by atoms with Gasteiger partial charge in [-0.1, -0.05) is 48.5 Å². The van der Waals surface area contributed by atoms with E-state index in [-0.39, 0.29) is 11.7 Å². The van der Waals surface area contributed by atoms with Gasteiger partial charge in [-0.25, -0.2) is 4.98 Å². The Balaban J connectivity index is 1.58. The summed E-state index contributed by atoms with van der Waals surface area (Å²) in [5.41, 5.74) is 7.89. The van der Waals surface area contributed by atoms with Crippen LogP contribution in [0.1, 0.15) is 47.4 Å². The number of aryl methyl sites for hydroxylation is 2. The second-order valence-electron chi connectivity index (χ2n) is 7.46. The Morgan fingerprint density at radius 2 is 1.87 bits per heavy atom. The lowest BCUT2D eigenvalue weighted by atomic mass is 10.0. The van der Waals surface area contributed by atoms with E-state index < -0.39 is 12.0 Å². The first kappa shape index (κ1) is 21.6. The molecule has 6 nitrogen and oxygen atoms in total. The average molecular weight is 408 g/mol. The maximum atomic E-state index is 11.3. The largest absolute Gasteiger partial charge is 0.493 e. The van der Waals surface area contributed by atoms with E-state index in [9.17, 15) is 9.90 Å². The van der Waals surface area contributed by atoms with Crippen LogP contribution < -0.4 is 10.5 Å². The molecule has 0 aliphatic heterocycles. The zero-order chi connectivity index (χ0) is 21.3. The molecule has 0 saturated carbocycles. The summed E-state index contributed by atoms with van der Waals surface area (Å²) in [7, 11) is 0. The van der Waals surface area contributed by atoms with Gasteiger partial charge in [0.25, 0.3) is 5.91 Å². The number of rotatable bonds is 11. The number of hydrogen-bond donors (Lipinski definition) is 2. The van der Waals surface area contributed by atoms with Gasteiger partial charge in [-0.15, -0.1) is 0 Å². The maximum Gasteiger partial charge on any atom is 0.268 e. The molecule has 6 heteroatoms. The molecule has 0 bridgehead atoms. The number of carbonyl (C=O) groups excluding carboxylic acids is 1. The number of nitrogens with zero attached hydrogens (tertiary/aromatic N) is 2. The van der Waals surface area contributed by atoms with Crippen molar-refractivity contribution in [1.29, 1.82) is 0 Å². The monoisotopic (exact) mass is 407 g/mol. The molecule has 2 aromatic carbocycles. The number of amides is 1. The van der Waals surface area contributed by atoms with Gasteiger partial charge in [-0.05, 0) is 49.8 Å². The molecule has 0 spiro atoms. The van der Waals surface area contributed by atoms with Crippen LogP contribution in [0.2, 0.25) is 0 Å². The lowest BCUT2D eigenvalue weighted by molar-refractivity contribution is 0.0994. The second kappa shape index (κ2) is 10.6. The van der Waals surface area contributed by atoms with Crippen molar-refractivity contribution in [2.45, 2.75) is 44.8 Å². The van der Waals surface area contributed by atoms with Crippen LogP contribution in [0.25, 0.3) is 0 Å². The van der Waals surface area contributed by atoms with Gasteiger partial charge in [-0.3, -0.25) is 4.79 Å². The Kier molecular flexibility index (Phi) is 7.63. The highest BCUT2D eigenvalue weighted by atomic mass is 16.5. The summed E-state index contributed by atoms with van der Waals surface area (Å²) in [5, 5.41) is 10.2. The number of primary amides is 1. The molecule has 30 heavy (non-hydrogen) atoms. The normalized spacial score (nSPS) is 13.0. The molecule has 0 aliphatic carbocycles. The topological polar surface area (TPSA) is 90.4 Å². The van der Waals surface area contributed by atoms with Gasteiger partial charge in [0.05, 0.1) is 25.1 Å². The number of benzene rings is 2. The van der Waals surface area contributed by atoms with E-state index in [4.69, 9.17) is 10.5 Å². The Morgan fingerprint density at radius 3 is 2.57 bits per heavy atom. The average Bonchev–Trinajstić information content (AvgIpc) is 3.23. The third kappa shape index (κ3) is 5.94. The number of carbonyl (C=O) groups is 1. The Bertz CT molecular complexity index is 938. The highest BCUT2D eigenvalue weighted by molar-refractivity contribution is 5.90. The zero-order valence-corrected chi connectivity index (χ0v) is 17.3. The lowest BCUT2D eigenvalue weighted by Crippen LogP contribution is -2.21. The molecule has 1 amide bonds. The number of aromatic nitrogens is 2. The number of hydrogen-bond acceptors (Lipinski definition) is 4. The van der Waals surface area contributed by atoms with Crippen molar-refractivity contribution in [3.05, 3.63) is 83.9 Å². The molecular formula is C24H29N3O3. The van der Waals surface area contributed by atoms with Gasteiger partial charge in [-0.2, -0.15) is 0 Å². The predicted octanol–water partition coefficient (Wildman–Crippen LogP) is 3.55. The molecule has 1 aromatic heterocycles. The molecule has 3 N–H and O–H groups in total. The van der Waals surface area contributed by atoms with E-state index in [0.29, 0.717) is 13.0 Å². The quantitative estimate of drug-likeness (QED) is 0.476. The molecule has 3 aromatic rings. The SMILES string of the molecule is CC(O)C(CCc1ccccc1OCCCc1ccccc1)n1cnc(C(N)=O)c1. The van der Waals surface area contributed by atoms with Crippen molar-refractivity contribution in [2.75, 3.05) is 6.61 Å². The number of ether oxygens (including phenoxy) is 1. The molecular weight excluding hydrogens is 378 g/mol. The number of aliphatic hydroxyl groups excluding tert-OH is 1. The van der Waals surface area contributed by atoms with E-state index >= 15 is 0 Å². The van der Waals surface area contributed by atoms with Crippen LogP contribution in [0.3, 0.4) is 0 Å². The fourth-order valence-electron chi connectivity index (χ4n) is 3.54. The van der Waals surface area contributed by atoms with Crippen LogP contribution in [0.4, 0.5) is 0 Å². The second-order valence-corrected chi connectivity index (χ2v) is 7.46. The van der Waals surface area contributed by atoms with Gasteiger partial charge in [0, 0.05) is 6.20 Å². The van der Waals surface area contributed by atoms with Crippen molar-refractivity contribution in [2.24, 2.45) is 5.73 Å². The minimum absolute atomic E-state index is 0.197. The van der Waals surface area contributed by atoms with Gasteiger partial charge in [0.1, 0.15) is 11.4 Å². The van der Waals surface area contributed by atoms with Crippen molar-refractivity contribution in [1.82, 2.24) is 9.55 Å². The molecule has 1 heterocycles. The predicted molar refractivity (Wildman–Crippen MR) is 116 cm³/mol. The van der Waals surface area contributed by atoms with E-state index in [1.807, 2.05) is 30.3 Å². The van der Waals surface area contributed by atoms with Crippen LogP contribution in [0, 0.1) is 0 Å². The number of aliphatic hydroxyl groups is 1. The fourth-order valence-corrected chi connectivity index (χ4v) is 3.54. The molecule has 3 rings (SSSR count). The Morgan fingerprint density at radius 1 is 1.13 bits per heavy atom. The van der Waals surface area contributed by atoms with E-state index in [0.717, 1.165) is 30.6 Å². The third-order valence-corrected chi connectivity index (χ3v) is 5.19. The zero-order valence-electron chi connectivity index (χ0n) is 17.3. The summed E-state index contributed by atoms with van der Waals surface area (Å²) in [4.78, 5) is 15.3. The molecule has 2 atom stereocenters. The molecule has 158 valence electrons. The summed E-state index contributed by atoms with van der Waals surface area (Å²) < 4.78 is 7.81. The minimum Gasteiger partial charge on any atom is -0.493 e. The van der Waals surface area contributed by atoms with Crippen LogP contribution >= 0.6 is 0 Å². The standard InChI is InChI=1S/C24H29N3O3/c1-18(28)22(27-16-21(24(25)29)26-17-27)14-13-20-11-5-6-12-23(20)30-15-7-10-19-8-3-2-4-9-19/h2-6,8-9,11-12,16-18,22,28H,7,10,13-15H2,1H3,(H2,25,29). The summed E-state index contributed by atoms with van der Waals surface area (Å²) in [6, 6.07) is 18.2. The molecule has 0 fully saturated rings. The third-order valence-electron chi connectivity index (χ3n) is 5.19. The first-order valence-corrected chi connectivity index (χ1v) is 10.3. The highest BCUT2D eigenvalue weighted by Gasteiger charge is 2.19. The summed E-state index contributed by atoms with van der Waals surface area (Å²) in [5.74, 6) is 0.297. The minimum atomic E-state index is -0.598.